The maximum atomic E-state index is 13.2. The molecule has 1 heterocycles. The summed E-state index contributed by atoms with van der Waals surface area (Å²) in [7, 11) is 0. The molecule has 0 saturated heterocycles. The number of amides is 2. The lowest BCUT2D eigenvalue weighted by Gasteiger charge is -2.26. The molecular formula is C20H21N5O2. The Morgan fingerprint density at radius 2 is 1.63 bits per heavy atom. The van der Waals surface area contributed by atoms with E-state index in [-0.39, 0.29) is 0 Å². The van der Waals surface area contributed by atoms with Crippen molar-refractivity contribution in [1.82, 2.24) is 0 Å². The number of hydrogen-bond donors (Lipinski definition) is 0. The third-order valence-electron chi connectivity index (χ3n) is 4.48. The molecule has 0 radical (unpaired) electrons. The fourth-order valence-electron chi connectivity index (χ4n) is 3.11. The van der Waals surface area contributed by atoms with E-state index in [1.54, 1.807) is 23.1 Å². The molecule has 2 aromatic carbocycles. The molecule has 3 rings (SSSR count). The molecule has 1 unspecified atom stereocenters. The molecule has 0 aliphatic carbocycles. The highest BCUT2D eigenvalue weighted by molar-refractivity contribution is 6.22. The minimum absolute atomic E-state index is 0.382. The lowest BCUT2D eigenvalue weighted by molar-refractivity contribution is -0.127. The van der Waals surface area contributed by atoms with Crippen LogP contribution < -0.4 is 9.80 Å². The predicted octanol–water partition coefficient (Wildman–Crippen LogP) is 4.42. The lowest BCUT2D eigenvalue weighted by Crippen LogP contribution is -2.44. The molecule has 0 bridgehead atoms. The monoisotopic (exact) mass is 363 g/mol. The van der Waals surface area contributed by atoms with Gasteiger partial charge in [-0.1, -0.05) is 49.3 Å². The summed E-state index contributed by atoms with van der Waals surface area (Å²) in [6.07, 6.45) is 0.766. The van der Waals surface area contributed by atoms with Crippen molar-refractivity contribution in [1.29, 1.82) is 0 Å². The second kappa shape index (κ2) is 7.93. The quantitative estimate of drug-likeness (QED) is 0.340. The van der Waals surface area contributed by atoms with Crippen LogP contribution in [0, 0.1) is 5.92 Å². The van der Waals surface area contributed by atoms with Crippen molar-refractivity contribution >= 4 is 28.9 Å². The Kier molecular flexibility index (Phi) is 5.43. The zero-order valence-electron chi connectivity index (χ0n) is 15.3. The highest BCUT2D eigenvalue weighted by atomic mass is 16.2. The average molecular weight is 363 g/mol. The summed E-state index contributed by atoms with van der Waals surface area (Å²) in [5.41, 5.74) is 10.8. The van der Waals surface area contributed by atoms with Gasteiger partial charge in [0.2, 0.25) is 11.8 Å². The summed E-state index contributed by atoms with van der Waals surface area (Å²) in [4.78, 5) is 32.1. The van der Waals surface area contributed by atoms with Crippen molar-refractivity contribution < 1.29 is 9.59 Å². The standard InChI is InChI=1S/C20H21N5O2/c1-14(2)12-13-24-16-10-6-7-11-17(16)25(15-8-4-3-5-9-15)20(27)18(19(24)26)22-23-21/h3-11,14,18H,12-13H2,1-2H3. The summed E-state index contributed by atoms with van der Waals surface area (Å²) in [6, 6.07) is 14.9. The van der Waals surface area contributed by atoms with Crippen LogP contribution >= 0.6 is 0 Å². The van der Waals surface area contributed by atoms with Crippen LogP contribution in [0.15, 0.2) is 59.7 Å². The number of carbonyl (C=O) groups is 2. The first-order valence-electron chi connectivity index (χ1n) is 8.88. The molecular weight excluding hydrogens is 342 g/mol. The van der Waals surface area contributed by atoms with Crippen molar-refractivity contribution in [2.24, 2.45) is 11.0 Å². The summed E-state index contributed by atoms with van der Waals surface area (Å²) in [5.74, 6) is -0.667. The van der Waals surface area contributed by atoms with Gasteiger partial charge in [-0.05, 0) is 42.1 Å². The SMILES string of the molecule is CC(C)CCN1C(=O)C(N=[N+]=[N-])C(=O)N(c2ccccc2)c2ccccc21. The maximum Gasteiger partial charge on any atom is 0.250 e. The Hall–Kier alpha value is -3.31. The molecule has 1 atom stereocenters. The van der Waals surface area contributed by atoms with Crippen LogP contribution in [-0.2, 0) is 9.59 Å². The molecule has 0 N–H and O–H groups in total. The second-order valence-electron chi connectivity index (χ2n) is 6.78. The Morgan fingerprint density at radius 3 is 2.26 bits per heavy atom. The Labute approximate surface area is 157 Å². The maximum absolute atomic E-state index is 13.2. The van der Waals surface area contributed by atoms with Crippen molar-refractivity contribution in [2.45, 2.75) is 26.3 Å². The molecule has 1 aliphatic heterocycles. The molecule has 0 fully saturated rings. The number of carbonyl (C=O) groups excluding carboxylic acids is 2. The number of hydrogen-bond acceptors (Lipinski definition) is 3. The summed E-state index contributed by atoms with van der Waals surface area (Å²) >= 11 is 0. The molecule has 138 valence electrons. The van der Waals surface area contributed by atoms with Crippen LogP contribution in [0.2, 0.25) is 0 Å². The lowest BCUT2D eigenvalue weighted by atomic mass is 10.1. The topological polar surface area (TPSA) is 89.4 Å². The number of benzene rings is 2. The van der Waals surface area contributed by atoms with Gasteiger partial charge in [0, 0.05) is 17.1 Å². The molecule has 2 aromatic rings. The summed E-state index contributed by atoms with van der Waals surface area (Å²) in [5, 5.41) is 3.54. The number of nitrogens with zero attached hydrogens (tertiary/aromatic N) is 5. The van der Waals surface area contributed by atoms with Gasteiger partial charge in [-0.2, -0.15) is 0 Å². The molecule has 0 spiro atoms. The summed E-state index contributed by atoms with van der Waals surface area (Å²) < 4.78 is 0. The normalized spacial score (nSPS) is 16.8. The van der Waals surface area contributed by atoms with Gasteiger partial charge in [-0.3, -0.25) is 14.5 Å². The van der Waals surface area contributed by atoms with Crippen LogP contribution in [0.25, 0.3) is 10.4 Å². The van der Waals surface area contributed by atoms with Gasteiger partial charge in [0.15, 0.2) is 6.04 Å². The number of fused-ring (bicyclic) bond motifs is 1. The van der Waals surface area contributed by atoms with Gasteiger partial charge in [0.25, 0.3) is 0 Å². The minimum atomic E-state index is -1.44. The largest absolute Gasteiger partial charge is 0.310 e. The van der Waals surface area contributed by atoms with E-state index in [1.807, 2.05) is 36.4 Å². The van der Waals surface area contributed by atoms with Crippen LogP contribution in [0.1, 0.15) is 20.3 Å². The fourth-order valence-corrected chi connectivity index (χ4v) is 3.11. The third-order valence-corrected chi connectivity index (χ3v) is 4.48. The van der Waals surface area contributed by atoms with Crippen LogP contribution in [0.4, 0.5) is 17.1 Å². The van der Waals surface area contributed by atoms with E-state index < -0.39 is 17.9 Å². The van der Waals surface area contributed by atoms with E-state index in [0.29, 0.717) is 29.5 Å². The number of anilines is 3. The zero-order valence-corrected chi connectivity index (χ0v) is 15.3. The first-order chi connectivity index (χ1) is 13.0. The zero-order chi connectivity index (χ0) is 19.4. The van der Waals surface area contributed by atoms with Gasteiger partial charge >= 0.3 is 0 Å². The number of rotatable bonds is 5. The minimum Gasteiger partial charge on any atom is -0.310 e. The molecule has 0 saturated carbocycles. The first-order valence-corrected chi connectivity index (χ1v) is 8.88. The van der Waals surface area contributed by atoms with Crippen molar-refractivity contribution in [3.63, 3.8) is 0 Å². The smallest absolute Gasteiger partial charge is 0.250 e. The first kappa shape index (κ1) is 18.5. The van der Waals surface area contributed by atoms with Crippen LogP contribution in [0.3, 0.4) is 0 Å². The predicted molar refractivity (Wildman–Crippen MR) is 105 cm³/mol. The van der Waals surface area contributed by atoms with Gasteiger partial charge in [0.05, 0.1) is 11.4 Å². The molecule has 2 amide bonds. The van der Waals surface area contributed by atoms with Crippen molar-refractivity contribution in [3.8, 4) is 0 Å². The number of azide groups is 1. The third kappa shape index (κ3) is 3.64. The molecule has 27 heavy (non-hydrogen) atoms. The average Bonchev–Trinajstić information content (AvgIpc) is 2.75. The summed E-state index contributed by atoms with van der Waals surface area (Å²) in [6.45, 7) is 4.59. The van der Waals surface area contributed by atoms with E-state index in [9.17, 15) is 9.59 Å². The van der Waals surface area contributed by atoms with Crippen LogP contribution in [0.5, 0.6) is 0 Å². The second-order valence-corrected chi connectivity index (χ2v) is 6.78. The fraction of sp³-hybridized carbons (Fsp3) is 0.300. The van der Waals surface area contributed by atoms with E-state index in [2.05, 4.69) is 23.9 Å². The Balaban J connectivity index is 2.19. The van der Waals surface area contributed by atoms with E-state index in [1.165, 1.54) is 4.90 Å². The van der Waals surface area contributed by atoms with Crippen LogP contribution in [-0.4, -0.2) is 24.4 Å². The Bertz CT molecular complexity index is 890. The van der Waals surface area contributed by atoms with E-state index in [0.717, 1.165) is 6.42 Å². The van der Waals surface area contributed by atoms with Crippen molar-refractivity contribution in [3.05, 3.63) is 65.0 Å². The molecule has 0 aromatic heterocycles. The Morgan fingerprint density at radius 1 is 1.00 bits per heavy atom. The molecule has 7 heteroatoms. The highest BCUT2D eigenvalue weighted by Crippen LogP contribution is 2.38. The highest BCUT2D eigenvalue weighted by Gasteiger charge is 2.40. The van der Waals surface area contributed by atoms with Gasteiger partial charge in [-0.15, -0.1) is 0 Å². The molecule has 7 nitrogen and oxygen atoms in total. The van der Waals surface area contributed by atoms with Gasteiger partial charge in [-0.25, -0.2) is 0 Å². The van der Waals surface area contributed by atoms with Gasteiger partial charge in [0.1, 0.15) is 0 Å². The molecule has 1 aliphatic rings. The van der Waals surface area contributed by atoms with Gasteiger partial charge < -0.3 is 4.90 Å². The van der Waals surface area contributed by atoms with Crippen molar-refractivity contribution in [2.75, 3.05) is 16.3 Å². The van der Waals surface area contributed by atoms with E-state index in [4.69, 9.17) is 5.53 Å². The number of para-hydroxylation sites is 3. The van der Waals surface area contributed by atoms with E-state index >= 15 is 0 Å².